The quantitative estimate of drug-likeness (QED) is 0.772. The fraction of sp³-hybridized carbons (Fsp3) is 0.100. The third kappa shape index (κ3) is 1.95. The largest absolute Gasteiger partial charge is 0.497 e. The van der Waals surface area contributed by atoms with Crippen molar-refractivity contribution in [1.29, 1.82) is 5.26 Å². The molecule has 0 fully saturated rings. The second-order valence-electron chi connectivity index (χ2n) is 2.75. The van der Waals surface area contributed by atoms with Crippen molar-refractivity contribution in [3.63, 3.8) is 0 Å². The second-order valence-corrected chi connectivity index (χ2v) is 3.73. The molecule has 15 heavy (non-hydrogen) atoms. The predicted molar refractivity (Wildman–Crippen MR) is 56.6 cm³/mol. The molecule has 0 amide bonds. The van der Waals surface area contributed by atoms with E-state index in [1.54, 1.807) is 7.11 Å². The lowest BCUT2D eigenvalue weighted by Crippen LogP contribution is -1.82. The minimum absolute atomic E-state index is 0.376. The molecular formula is C10H7N3OS. The maximum Gasteiger partial charge on any atom is 0.218 e. The highest BCUT2D eigenvalue weighted by molar-refractivity contribution is 7.15. The van der Waals surface area contributed by atoms with Crippen molar-refractivity contribution in [2.45, 2.75) is 0 Å². The SMILES string of the molecule is COc1ccc(-c2nnc(C#N)s2)cc1. The van der Waals surface area contributed by atoms with Gasteiger partial charge in [0.2, 0.25) is 5.01 Å². The van der Waals surface area contributed by atoms with Gasteiger partial charge in [0.05, 0.1) is 7.11 Å². The first-order valence-electron chi connectivity index (χ1n) is 4.21. The van der Waals surface area contributed by atoms with Crippen LogP contribution in [-0.2, 0) is 0 Å². The summed E-state index contributed by atoms with van der Waals surface area (Å²) in [7, 11) is 1.62. The molecule has 2 aromatic rings. The van der Waals surface area contributed by atoms with Gasteiger partial charge < -0.3 is 4.74 Å². The van der Waals surface area contributed by atoms with E-state index in [-0.39, 0.29) is 0 Å². The van der Waals surface area contributed by atoms with Crippen LogP contribution in [0.25, 0.3) is 10.6 Å². The number of ether oxygens (including phenoxy) is 1. The number of aromatic nitrogens is 2. The normalized spacial score (nSPS) is 9.60. The highest BCUT2D eigenvalue weighted by atomic mass is 32.1. The summed E-state index contributed by atoms with van der Waals surface area (Å²) >= 11 is 1.28. The number of benzene rings is 1. The van der Waals surface area contributed by atoms with E-state index < -0.39 is 0 Å². The Hall–Kier alpha value is -1.93. The molecule has 0 aliphatic heterocycles. The van der Waals surface area contributed by atoms with E-state index in [1.165, 1.54) is 11.3 Å². The molecule has 0 bridgehead atoms. The van der Waals surface area contributed by atoms with Gasteiger partial charge >= 0.3 is 0 Å². The molecular weight excluding hydrogens is 210 g/mol. The van der Waals surface area contributed by atoms with Crippen LogP contribution in [0.4, 0.5) is 0 Å². The molecule has 0 aliphatic rings. The minimum Gasteiger partial charge on any atom is -0.497 e. The Bertz CT molecular complexity index is 498. The Morgan fingerprint density at radius 1 is 1.27 bits per heavy atom. The van der Waals surface area contributed by atoms with Crippen molar-refractivity contribution >= 4 is 11.3 Å². The Kier molecular flexibility index (Phi) is 2.61. The molecule has 1 aromatic carbocycles. The number of nitriles is 1. The number of hydrogen-bond acceptors (Lipinski definition) is 5. The summed E-state index contributed by atoms with van der Waals surface area (Å²) in [6, 6.07) is 9.44. The molecule has 2 rings (SSSR count). The second kappa shape index (κ2) is 4.07. The van der Waals surface area contributed by atoms with Crippen LogP contribution in [0.15, 0.2) is 24.3 Å². The van der Waals surface area contributed by atoms with Gasteiger partial charge in [-0.15, -0.1) is 10.2 Å². The van der Waals surface area contributed by atoms with E-state index in [4.69, 9.17) is 10.00 Å². The van der Waals surface area contributed by atoms with Gasteiger partial charge in [-0.1, -0.05) is 11.3 Å². The van der Waals surface area contributed by atoms with Gasteiger partial charge in [0, 0.05) is 5.56 Å². The third-order valence-electron chi connectivity index (χ3n) is 1.86. The van der Waals surface area contributed by atoms with Gasteiger partial charge in [-0.05, 0) is 24.3 Å². The molecule has 0 aliphatic carbocycles. The van der Waals surface area contributed by atoms with Gasteiger partial charge in [-0.3, -0.25) is 0 Å². The van der Waals surface area contributed by atoms with E-state index in [0.29, 0.717) is 5.01 Å². The summed E-state index contributed by atoms with van der Waals surface area (Å²) in [5.74, 6) is 0.795. The number of nitrogens with zero attached hydrogens (tertiary/aromatic N) is 3. The van der Waals surface area contributed by atoms with Crippen molar-refractivity contribution in [1.82, 2.24) is 10.2 Å². The molecule has 1 aromatic heterocycles. The summed E-state index contributed by atoms with van der Waals surface area (Å²) in [6.45, 7) is 0. The van der Waals surface area contributed by atoms with Gasteiger partial charge in [-0.2, -0.15) is 5.26 Å². The summed E-state index contributed by atoms with van der Waals surface area (Å²) in [5, 5.41) is 17.4. The van der Waals surface area contributed by atoms with Crippen LogP contribution in [0.3, 0.4) is 0 Å². The molecule has 0 radical (unpaired) electrons. The molecule has 0 atom stereocenters. The number of methoxy groups -OCH3 is 1. The minimum atomic E-state index is 0.376. The molecule has 1 heterocycles. The fourth-order valence-electron chi connectivity index (χ4n) is 1.12. The van der Waals surface area contributed by atoms with E-state index in [2.05, 4.69) is 10.2 Å². The Morgan fingerprint density at radius 2 is 2.00 bits per heavy atom. The van der Waals surface area contributed by atoms with E-state index in [1.807, 2.05) is 30.3 Å². The molecule has 0 saturated heterocycles. The van der Waals surface area contributed by atoms with Crippen molar-refractivity contribution in [2.24, 2.45) is 0 Å². The summed E-state index contributed by atoms with van der Waals surface area (Å²) in [4.78, 5) is 0. The molecule has 0 N–H and O–H groups in total. The molecule has 0 saturated carbocycles. The highest BCUT2D eigenvalue weighted by Crippen LogP contribution is 2.24. The van der Waals surface area contributed by atoms with Crippen LogP contribution < -0.4 is 4.74 Å². The van der Waals surface area contributed by atoms with Crippen LogP contribution in [-0.4, -0.2) is 17.3 Å². The highest BCUT2D eigenvalue weighted by Gasteiger charge is 2.05. The first kappa shape index (κ1) is 9.62. The Balaban J connectivity index is 2.33. The summed E-state index contributed by atoms with van der Waals surface area (Å²) in [6.07, 6.45) is 0. The lowest BCUT2D eigenvalue weighted by atomic mass is 10.2. The van der Waals surface area contributed by atoms with E-state index in [0.717, 1.165) is 16.3 Å². The average Bonchev–Trinajstić information content (AvgIpc) is 2.78. The average molecular weight is 217 g/mol. The zero-order chi connectivity index (χ0) is 10.7. The monoisotopic (exact) mass is 217 g/mol. The molecule has 5 heteroatoms. The van der Waals surface area contributed by atoms with Crippen molar-refractivity contribution in [2.75, 3.05) is 7.11 Å². The van der Waals surface area contributed by atoms with Crippen molar-refractivity contribution in [3.05, 3.63) is 29.3 Å². The van der Waals surface area contributed by atoms with Crippen LogP contribution in [0.5, 0.6) is 5.75 Å². The van der Waals surface area contributed by atoms with Crippen LogP contribution in [0.2, 0.25) is 0 Å². The third-order valence-corrected chi connectivity index (χ3v) is 2.73. The maximum absolute atomic E-state index is 8.62. The molecule has 0 unspecified atom stereocenters. The van der Waals surface area contributed by atoms with Crippen LogP contribution in [0.1, 0.15) is 5.01 Å². The first-order chi connectivity index (χ1) is 7.33. The van der Waals surface area contributed by atoms with Crippen molar-refractivity contribution < 1.29 is 4.74 Å². The molecule has 74 valence electrons. The predicted octanol–water partition coefficient (Wildman–Crippen LogP) is 2.09. The van der Waals surface area contributed by atoms with Gasteiger partial charge in [0.15, 0.2) is 0 Å². The summed E-state index contributed by atoms with van der Waals surface area (Å²) in [5.41, 5.74) is 0.940. The van der Waals surface area contributed by atoms with Crippen LogP contribution >= 0.6 is 11.3 Å². The molecule has 0 spiro atoms. The van der Waals surface area contributed by atoms with E-state index in [9.17, 15) is 0 Å². The van der Waals surface area contributed by atoms with E-state index >= 15 is 0 Å². The van der Waals surface area contributed by atoms with Crippen LogP contribution in [0, 0.1) is 11.3 Å². The first-order valence-corrected chi connectivity index (χ1v) is 5.03. The lowest BCUT2D eigenvalue weighted by Gasteiger charge is -1.99. The summed E-state index contributed by atoms with van der Waals surface area (Å²) < 4.78 is 5.05. The molecule has 4 nitrogen and oxygen atoms in total. The van der Waals surface area contributed by atoms with Gasteiger partial charge in [0.1, 0.15) is 16.8 Å². The Labute approximate surface area is 90.8 Å². The van der Waals surface area contributed by atoms with Gasteiger partial charge in [-0.25, -0.2) is 0 Å². The smallest absolute Gasteiger partial charge is 0.218 e. The number of rotatable bonds is 2. The maximum atomic E-state index is 8.62. The number of hydrogen-bond donors (Lipinski definition) is 0. The zero-order valence-corrected chi connectivity index (χ0v) is 8.78. The van der Waals surface area contributed by atoms with Crippen molar-refractivity contribution in [3.8, 4) is 22.4 Å². The topological polar surface area (TPSA) is 58.8 Å². The zero-order valence-electron chi connectivity index (χ0n) is 7.97. The van der Waals surface area contributed by atoms with Gasteiger partial charge in [0.25, 0.3) is 0 Å². The standard InChI is InChI=1S/C10H7N3OS/c1-14-8-4-2-7(3-5-8)10-13-12-9(6-11)15-10/h2-5H,1H3. The fourth-order valence-corrected chi connectivity index (χ4v) is 1.76. The lowest BCUT2D eigenvalue weighted by molar-refractivity contribution is 0.415. The Morgan fingerprint density at radius 3 is 2.53 bits per heavy atom.